The average molecular weight is 368 g/mol. The lowest BCUT2D eigenvalue weighted by Crippen LogP contribution is -2.10. The van der Waals surface area contributed by atoms with Gasteiger partial charge in [-0.2, -0.15) is 0 Å². The van der Waals surface area contributed by atoms with Gasteiger partial charge in [0, 0.05) is 12.8 Å². The van der Waals surface area contributed by atoms with Gasteiger partial charge in [0.2, 0.25) is 0 Å². The summed E-state index contributed by atoms with van der Waals surface area (Å²) >= 11 is 1.69. The smallest absolute Gasteiger partial charge is 0.191 e. The maximum Gasteiger partial charge on any atom is 0.191 e. The van der Waals surface area contributed by atoms with Gasteiger partial charge in [0.25, 0.3) is 0 Å². The second-order valence-corrected chi connectivity index (χ2v) is 7.37. The fourth-order valence-corrected chi connectivity index (χ4v) is 3.57. The first-order valence-corrected chi connectivity index (χ1v) is 9.88. The first-order chi connectivity index (χ1) is 12.6. The zero-order valence-electron chi connectivity index (χ0n) is 15.8. The average Bonchev–Trinajstić information content (AvgIpc) is 3.02. The van der Waals surface area contributed by atoms with Crippen LogP contribution in [0.25, 0.3) is 0 Å². The molecule has 0 saturated carbocycles. The molecule has 5 heteroatoms. The van der Waals surface area contributed by atoms with Crippen molar-refractivity contribution in [3.05, 3.63) is 71.0 Å². The van der Waals surface area contributed by atoms with Crippen LogP contribution in [0.2, 0.25) is 0 Å². The van der Waals surface area contributed by atoms with Gasteiger partial charge in [0.1, 0.15) is 5.75 Å². The summed E-state index contributed by atoms with van der Waals surface area (Å²) in [6.45, 7) is 6.25. The fourth-order valence-electron chi connectivity index (χ4n) is 2.70. The van der Waals surface area contributed by atoms with Crippen LogP contribution in [0, 0.1) is 6.92 Å². The zero-order valence-corrected chi connectivity index (χ0v) is 16.6. The van der Waals surface area contributed by atoms with E-state index in [1.54, 1.807) is 11.8 Å². The minimum Gasteiger partial charge on any atom is -0.483 e. The Hall–Kier alpha value is -2.27. The zero-order chi connectivity index (χ0) is 18.5. The second-order valence-electron chi connectivity index (χ2n) is 6.43. The van der Waals surface area contributed by atoms with Crippen molar-refractivity contribution in [2.45, 2.75) is 44.2 Å². The maximum atomic E-state index is 6.04. The molecule has 0 aliphatic heterocycles. The van der Waals surface area contributed by atoms with Gasteiger partial charge >= 0.3 is 0 Å². The van der Waals surface area contributed by atoms with Crippen LogP contribution in [-0.2, 0) is 19.2 Å². The number of hydrogen-bond donors (Lipinski definition) is 0. The van der Waals surface area contributed by atoms with E-state index in [9.17, 15) is 0 Å². The standard InChI is InChI=1S/C21H25N3OS/c1-5-17-10-12-19(13-11-17)25-16(3)20-22-23-21(24(20)4)26-14-18-8-6-15(2)7-9-18/h6-13,16H,5,14H2,1-4H3. The normalized spacial score (nSPS) is 12.2. The Morgan fingerprint density at radius 3 is 2.31 bits per heavy atom. The first kappa shape index (κ1) is 18.5. The molecule has 0 saturated heterocycles. The predicted molar refractivity (Wildman–Crippen MR) is 107 cm³/mol. The van der Waals surface area contributed by atoms with E-state index in [0.29, 0.717) is 0 Å². The summed E-state index contributed by atoms with van der Waals surface area (Å²) in [4.78, 5) is 0. The molecular formula is C21H25N3OS. The van der Waals surface area contributed by atoms with E-state index in [2.05, 4.69) is 60.4 Å². The third-order valence-corrected chi connectivity index (χ3v) is 5.46. The summed E-state index contributed by atoms with van der Waals surface area (Å²) in [7, 11) is 1.99. The number of benzene rings is 2. The van der Waals surface area contributed by atoms with Crippen molar-refractivity contribution >= 4 is 11.8 Å². The fraction of sp³-hybridized carbons (Fsp3) is 0.333. The number of aryl methyl sites for hydroxylation is 2. The molecule has 0 fully saturated rings. The van der Waals surface area contributed by atoms with Crippen LogP contribution in [0.4, 0.5) is 0 Å². The van der Waals surface area contributed by atoms with Gasteiger partial charge in [-0.15, -0.1) is 10.2 Å². The van der Waals surface area contributed by atoms with Crippen molar-refractivity contribution in [1.82, 2.24) is 14.8 Å². The Bertz CT molecular complexity index is 841. The van der Waals surface area contributed by atoms with Gasteiger partial charge < -0.3 is 9.30 Å². The highest BCUT2D eigenvalue weighted by atomic mass is 32.2. The minimum atomic E-state index is -0.159. The van der Waals surface area contributed by atoms with Crippen molar-refractivity contribution in [1.29, 1.82) is 0 Å². The molecular weight excluding hydrogens is 342 g/mol. The number of ether oxygens (including phenoxy) is 1. The van der Waals surface area contributed by atoms with Crippen molar-refractivity contribution in [2.75, 3.05) is 0 Å². The van der Waals surface area contributed by atoms with Gasteiger partial charge in [-0.25, -0.2) is 0 Å². The van der Waals surface area contributed by atoms with Crippen LogP contribution in [0.15, 0.2) is 53.7 Å². The molecule has 2 aromatic carbocycles. The van der Waals surface area contributed by atoms with Crippen LogP contribution >= 0.6 is 11.8 Å². The molecule has 1 heterocycles. The highest BCUT2D eigenvalue weighted by molar-refractivity contribution is 7.98. The largest absolute Gasteiger partial charge is 0.483 e. The van der Waals surface area contributed by atoms with Crippen LogP contribution in [0.5, 0.6) is 5.75 Å². The van der Waals surface area contributed by atoms with Gasteiger partial charge in [-0.3, -0.25) is 0 Å². The minimum absolute atomic E-state index is 0.159. The Morgan fingerprint density at radius 2 is 1.65 bits per heavy atom. The van der Waals surface area contributed by atoms with Gasteiger partial charge in [0.15, 0.2) is 17.1 Å². The Labute approximate surface area is 159 Å². The second kappa shape index (κ2) is 8.41. The van der Waals surface area contributed by atoms with Gasteiger partial charge in [-0.05, 0) is 43.5 Å². The number of aromatic nitrogens is 3. The molecule has 26 heavy (non-hydrogen) atoms. The molecule has 0 bridgehead atoms. The Balaban J connectivity index is 1.64. The molecule has 4 nitrogen and oxygen atoms in total. The van der Waals surface area contributed by atoms with Crippen molar-refractivity contribution in [3.8, 4) is 5.75 Å². The van der Waals surface area contributed by atoms with E-state index in [1.165, 1.54) is 16.7 Å². The molecule has 1 atom stereocenters. The van der Waals surface area contributed by atoms with Crippen molar-refractivity contribution in [3.63, 3.8) is 0 Å². The topological polar surface area (TPSA) is 39.9 Å². The molecule has 0 amide bonds. The molecule has 0 radical (unpaired) electrons. The lowest BCUT2D eigenvalue weighted by Gasteiger charge is -2.14. The molecule has 3 aromatic rings. The van der Waals surface area contributed by atoms with E-state index >= 15 is 0 Å². The number of thioether (sulfide) groups is 1. The number of hydrogen-bond acceptors (Lipinski definition) is 4. The summed E-state index contributed by atoms with van der Waals surface area (Å²) in [6, 6.07) is 16.8. The van der Waals surface area contributed by atoms with Crippen molar-refractivity contribution in [2.24, 2.45) is 7.05 Å². The molecule has 0 spiro atoms. The van der Waals surface area contributed by atoms with E-state index in [-0.39, 0.29) is 6.10 Å². The third kappa shape index (κ3) is 4.47. The van der Waals surface area contributed by atoms with Crippen LogP contribution in [-0.4, -0.2) is 14.8 Å². The quantitative estimate of drug-likeness (QED) is 0.544. The lowest BCUT2D eigenvalue weighted by molar-refractivity contribution is 0.211. The highest BCUT2D eigenvalue weighted by Gasteiger charge is 2.17. The molecule has 1 unspecified atom stereocenters. The third-order valence-electron chi connectivity index (χ3n) is 4.37. The summed E-state index contributed by atoms with van der Waals surface area (Å²) in [5.74, 6) is 2.56. The molecule has 0 aliphatic carbocycles. The monoisotopic (exact) mass is 367 g/mol. The van der Waals surface area contributed by atoms with Gasteiger partial charge in [-0.1, -0.05) is 60.6 Å². The summed E-state index contributed by atoms with van der Waals surface area (Å²) < 4.78 is 8.06. The molecule has 136 valence electrons. The summed E-state index contributed by atoms with van der Waals surface area (Å²) in [5, 5.41) is 9.57. The Kier molecular flexibility index (Phi) is 5.99. The van der Waals surface area contributed by atoms with E-state index in [1.807, 2.05) is 30.7 Å². The Morgan fingerprint density at radius 1 is 1.00 bits per heavy atom. The number of rotatable bonds is 7. The molecule has 0 N–H and O–H groups in total. The molecule has 0 aliphatic rings. The number of nitrogens with zero attached hydrogens (tertiary/aromatic N) is 3. The van der Waals surface area contributed by atoms with E-state index in [4.69, 9.17) is 4.74 Å². The molecule has 1 aromatic heterocycles. The summed E-state index contributed by atoms with van der Waals surface area (Å²) in [5.41, 5.74) is 3.86. The van der Waals surface area contributed by atoms with E-state index < -0.39 is 0 Å². The van der Waals surface area contributed by atoms with Gasteiger partial charge in [0.05, 0.1) is 0 Å². The van der Waals surface area contributed by atoms with Crippen LogP contribution < -0.4 is 4.74 Å². The van der Waals surface area contributed by atoms with Crippen LogP contribution in [0.1, 0.15) is 42.5 Å². The molecule has 3 rings (SSSR count). The SMILES string of the molecule is CCc1ccc(OC(C)c2nnc(SCc3ccc(C)cc3)n2C)cc1. The van der Waals surface area contributed by atoms with Crippen LogP contribution in [0.3, 0.4) is 0 Å². The predicted octanol–water partition coefficient (Wildman–Crippen LogP) is 5.12. The highest BCUT2D eigenvalue weighted by Crippen LogP contribution is 2.25. The maximum absolute atomic E-state index is 6.04. The first-order valence-electron chi connectivity index (χ1n) is 8.90. The lowest BCUT2D eigenvalue weighted by atomic mass is 10.2. The van der Waals surface area contributed by atoms with E-state index in [0.717, 1.165) is 28.9 Å². The van der Waals surface area contributed by atoms with Crippen molar-refractivity contribution < 1.29 is 4.74 Å². The summed E-state index contributed by atoms with van der Waals surface area (Å²) in [6.07, 6.45) is 0.870.